The third-order valence-electron chi connectivity index (χ3n) is 3.23. The maximum atomic E-state index is 12.7. The molecule has 0 amide bonds. The van der Waals surface area contributed by atoms with Crippen molar-refractivity contribution in [3.05, 3.63) is 58.7 Å². The average Bonchev–Trinajstić information content (AvgIpc) is 2.84. The lowest BCUT2D eigenvalue weighted by Crippen LogP contribution is -2.04. The molecular weight excluding hydrogens is 315 g/mol. The molecule has 0 fully saturated rings. The molecule has 3 rings (SSSR count). The number of halogens is 4. The Labute approximate surface area is 129 Å². The molecule has 2 aromatic carbocycles. The summed E-state index contributed by atoms with van der Waals surface area (Å²) in [6.07, 6.45) is -4.43. The molecule has 0 spiro atoms. The molecule has 0 aliphatic rings. The van der Waals surface area contributed by atoms with Gasteiger partial charge in [-0.05, 0) is 37.3 Å². The number of benzene rings is 2. The Hall–Kier alpha value is -2.14. The lowest BCUT2D eigenvalue weighted by molar-refractivity contribution is -0.140. The molecule has 0 atom stereocenters. The van der Waals surface area contributed by atoms with Crippen LogP contribution in [0.3, 0.4) is 0 Å². The molecule has 6 heteroatoms. The van der Waals surface area contributed by atoms with E-state index in [0.29, 0.717) is 22.4 Å². The molecule has 0 radical (unpaired) electrons. The lowest BCUT2D eigenvalue weighted by Gasteiger charge is -2.08. The highest BCUT2D eigenvalue weighted by Gasteiger charge is 2.32. The van der Waals surface area contributed by atoms with Crippen LogP contribution >= 0.6 is 11.6 Å². The van der Waals surface area contributed by atoms with Gasteiger partial charge in [0.1, 0.15) is 17.2 Å². The van der Waals surface area contributed by atoms with Gasteiger partial charge in [-0.2, -0.15) is 13.2 Å². The Morgan fingerprint density at radius 3 is 2.36 bits per heavy atom. The molecule has 22 heavy (non-hydrogen) atoms. The van der Waals surface area contributed by atoms with E-state index in [1.165, 1.54) is 12.1 Å². The minimum Gasteiger partial charge on any atom is -0.456 e. The number of H-pyrrole nitrogens is 1. The van der Waals surface area contributed by atoms with Gasteiger partial charge in [-0.1, -0.05) is 29.3 Å². The second-order valence-corrected chi connectivity index (χ2v) is 5.37. The number of hydrogen-bond acceptors (Lipinski definition) is 1. The zero-order valence-electron chi connectivity index (χ0n) is 11.5. The van der Waals surface area contributed by atoms with Gasteiger partial charge in [-0.3, -0.25) is 0 Å². The van der Waals surface area contributed by atoms with Crippen LogP contribution in [0.15, 0.2) is 42.5 Å². The predicted octanol–water partition coefficient (Wildman–Crippen LogP) is 5.94. The largest absolute Gasteiger partial charge is 0.456 e. The van der Waals surface area contributed by atoms with Gasteiger partial charge in [0.2, 0.25) is 0 Å². The van der Waals surface area contributed by atoms with E-state index >= 15 is 0 Å². The molecule has 1 aromatic heterocycles. The first-order chi connectivity index (χ1) is 10.3. The highest BCUT2D eigenvalue weighted by atomic mass is 35.5. The summed E-state index contributed by atoms with van der Waals surface area (Å²) in [4.78, 5) is 2.31. The van der Waals surface area contributed by atoms with E-state index < -0.39 is 11.9 Å². The zero-order valence-corrected chi connectivity index (χ0v) is 12.2. The van der Waals surface area contributed by atoms with Gasteiger partial charge in [-0.15, -0.1) is 0 Å². The van der Waals surface area contributed by atoms with Crippen LogP contribution in [0, 0.1) is 6.92 Å². The summed E-state index contributed by atoms with van der Waals surface area (Å²) < 4.78 is 43.8. The molecule has 0 aliphatic carbocycles. The van der Waals surface area contributed by atoms with Crippen LogP contribution in [-0.2, 0) is 6.18 Å². The molecule has 0 bridgehead atoms. The van der Waals surface area contributed by atoms with Crippen molar-refractivity contribution >= 4 is 22.5 Å². The number of aromatic amines is 1. The summed E-state index contributed by atoms with van der Waals surface area (Å²) in [7, 11) is 0. The molecule has 1 heterocycles. The molecule has 0 aliphatic heterocycles. The smallest absolute Gasteiger partial charge is 0.431 e. The van der Waals surface area contributed by atoms with Crippen LogP contribution < -0.4 is 4.74 Å². The van der Waals surface area contributed by atoms with Crippen LogP contribution in [-0.4, -0.2) is 4.98 Å². The van der Waals surface area contributed by atoms with Crippen molar-refractivity contribution in [1.29, 1.82) is 0 Å². The number of fused-ring (bicyclic) bond motifs is 1. The summed E-state index contributed by atoms with van der Waals surface area (Å²) in [5.41, 5.74) is 0.578. The van der Waals surface area contributed by atoms with Crippen molar-refractivity contribution in [2.75, 3.05) is 0 Å². The second kappa shape index (κ2) is 5.25. The predicted molar refractivity (Wildman–Crippen MR) is 79.6 cm³/mol. The Morgan fingerprint density at radius 2 is 1.73 bits per heavy atom. The van der Waals surface area contributed by atoms with Crippen LogP contribution in [0.5, 0.6) is 11.5 Å². The minimum absolute atomic E-state index is 0.239. The molecule has 0 saturated heterocycles. The lowest BCUT2D eigenvalue weighted by atomic mass is 10.2. The number of ether oxygens (including phenoxy) is 1. The minimum atomic E-state index is -4.43. The Balaban J connectivity index is 1.99. The number of alkyl halides is 3. The zero-order chi connectivity index (χ0) is 15.9. The topological polar surface area (TPSA) is 25.0 Å². The van der Waals surface area contributed by atoms with Gasteiger partial charge in [0, 0.05) is 10.9 Å². The Kier molecular flexibility index (Phi) is 3.53. The van der Waals surface area contributed by atoms with Gasteiger partial charge < -0.3 is 9.72 Å². The second-order valence-electron chi connectivity index (χ2n) is 4.97. The van der Waals surface area contributed by atoms with E-state index in [9.17, 15) is 13.2 Å². The van der Waals surface area contributed by atoms with Crippen molar-refractivity contribution in [2.45, 2.75) is 13.1 Å². The number of rotatable bonds is 2. The first-order valence-corrected chi connectivity index (χ1v) is 6.85. The van der Waals surface area contributed by atoms with Crippen LogP contribution in [0.1, 0.15) is 11.3 Å². The van der Waals surface area contributed by atoms with Gasteiger partial charge in [0.25, 0.3) is 0 Å². The van der Waals surface area contributed by atoms with E-state index in [-0.39, 0.29) is 5.02 Å². The molecule has 0 saturated carbocycles. The van der Waals surface area contributed by atoms with Crippen LogP contribution in [0.2, 0.25) is 5.02 Å². The van der Waals surface area contributed by atoms with Gasteiger partial charge in [0.05, 0.1) is 5.02 Å². The van der Waals surface area contributed by atoms with E-state index in [0.717, 1.165) is 11.6 Å². The summed E-state index contributed by atoms with van der Waals surface area (Å²) in [5.74, 6) is 0.879. The maximum absolute atomic E-state index is 12.7. The highest BCUT2D eigenvalue weighted by Crippen LogP contribution is 2.36. The first-order valence-electron chi connectivity index (χ1n) is 6.47. The SMILES string of the molecule is Cc1ccc(Oc2cc3cc(C(F)(F)F)[nH]c3cc2Cl)cc1. The fourth-order valence-electron chi connectivity index (χ4n) is 2.10. The molecule has 2 nitrogen and oxygen atoms in total. The van der Waals surface area contributed by atoms with E-state index in [1.807, 2.05) is 19.1 Å². The third-order valence-corrected chi connectivity index (χ3v) is 3.52. The van der Waals surface area contributed by atoms with E-state index in [2.05, 4.69) is 4.98 Å². The molecule has 114 valence electrons. The maximum Gasteiger partial charge on any atom is 0.431 e. The van der Waals surface area contributed by atoms with Crippen LogP contribution in [0.25, 0.3) is 10.9 Å². The number of nitrogens with one attached hydrogen (secondary N) is 1. The van der Waals surface area contributed by atoms with Gasteiger partial charge in [-0.25, -0.2) is 0 Å². The van der Waals surface area contributed by atoms with Gasteiger partial charge in [0.15, 0.2) is 0 Å². The number of hydrogen-bond donors (Lipinski definition) is 1. The summed E-state index contributed by atoms with van der Waals surface area (Å²) in [6.45, 7) is 1.95. The molecular formula is C16H11ClF3NO. The van der Waals surface area contributed by atoms with Gasteiger partial charge >= 0.3 is 6.18 Å². The Morgan fingerprint density at radius 1 is 1.05 bits per heavy atom. The monoisotopic (exact) mass is 325 g/mol. The van der Waals surface area contributed by atoms with Crippen molar-refractivity contribution in [3.8, 4) is 11.5 Å². The molecule has 3 aromatic rings. The quantitative estimate of drug-likeness (QED) is 0.619. The van der Waals surface area contributed by atoms with Crippen molar-refractivity contribution in [2.24, 2.45) is 0 Å². The summed E-state index contributed by atoms with van der Waals surface area (Å²) in [6, 6.07) is 11.2. The highest BCUT2D eigenvalue weighted by molar-refractivity contribution is 6.32. The number of aromatic nitrogens is 1. The first kappa shape index (κ1) is 14.8. The third kappa shape index (κ3) is 2.90. The van der Waals surface area contributed by atoms with Crippen molar-refractivity contribution < 1.29 is 17.9 Å². The van der Waals surface area contributed by atoms with Crippen LogP contribution in [0.4, 0.5) is 13.2 Å². The van der Waals surface area contributed by atoms with E-state index in [4.69, 9.17) is 16.3 Å². The molecule has 1 N–H and O–H groups in total. The van der Waals surface area contributed by atoms with E-state index in [1.54, 1.807) is 12.1 Å². The summed E-state index contributed by atoms with van der Waals surface area (Å²) in [5, 5.41) is 0.627. The molecule has 0 unspecified atom stereocenters. The average molecular weight is 326 g/mol. The standard InChI is InChI=1S/C16H11ClF3NO/c1-9-2-4-11(5-3-9)22-14-6-10-7-15(16(18,19)20)21-13(10)8-12(14)17/h2-8,21H,1H3. The fraction of sp³-hybridized carbons (Fsp3) is 0.125. The van der Waals surface area contributed by atoms with Crippen molar-refractivity contribution in [3.63, 3.8) is 0 Å². The Bertz CT molecular complexity index is 822. The fourth-order valence-corrected chi connectivity index (χ4v) is 2.30. The normalized spacial score (nSPS) is 11.9. The summed E-state index contributed by atoms with van der Waals surface area (Å²) >= 11 is 6.08. The number of aryl methyl sites for hydroxylation is 1. The van der Waals surface area contributed by atoms with Crippen molar-refractivity contribution in [1.82, 2.24) is 4.98 Å².